The Kier molecular flexibility index (Phi) is 8.84. The van der Waals surface area contributed by atoms with Gasteiger partial charge in [-0.3, -0.25) is 20.4 Å². The zero-order chi connectivity index (χ0) is 18.8. The molecule has 0 saturated carbocycles. The van der Waals surface area contributed by atoms with Crippen LogP contribution < -0.4 is 15.8 Å². The molecule has 26 heavy (non-hydrogen) atoms. The normalized spacial score (nSPS) is 14.3. The first-order chi connectivity index (χ1) is 12.6. The summed E-state index contributed by atoms with van der Waals surface area (Å²) in [7, 11) is 0. The summed E-state index contributed by atoms with van der Waals surface area (Å²) in [5, 5.41) is 0.828. The van der Waals surface area contributed by atoms with Crippen LogP contribution in [0.15, 0.2) is 0 Å². The minimum Gasteiger partial charge on any atom is -0.378 e. The maximum atomic E-state index is 12.3. The zero-order valence-electron chi connectivity index (χ0n) is 15.8. The summed E-state index contributed by atoms with van der Waals surface area (Å²) >= 11 is 1.35. The Morgan fingerprint density at radius 2 is 1.81 bits per heavy atom. The second-order valence-corrected chi connectivity index (χ2v) is 7.51. The Bertz CT molecular complexity index is 585. The van der Waals surface area contributed by atoms with E-state index in [9.17, 15) is 9.59 Å². The summed E-state index contributed by atoms with van der Waals surface area (Å²) in [6.07, 6.45) is 7.21. The first-order valence-corrected chi connectivity index (χ1v) is 10.3. The topological polar surface area (TPSA) is 83.6 Å². The molecule has 0 aliphatic carbocycles. The van der Waals surface area contributed by atoms with Crippen molar-refractivity contribution in [1.82, 2.24) is 15.8 Å². The number of ether oxygens (including phenoxy) is 1. The fraction of sp³-hybridized carbons (Fsp3) is 0.722. The molecule has 1 aromatic rings. The smallest absolute Gasteiger partial charge is 0.281 e. The Balaban J connectivity index is 1.72. The quantitative estimate of drug-likeness (QED) is 0.507. The van der Waals surface area contributed by atoms with Crippen molar-refractivity contribution >= 4 is 28.3 Å². The predicted octanol–water partition coefficient (Wildman–Crippen LogP) is 2.80. The number of thiazole rings is 1. The third-order valence-electron chi connectivity index (χ3n) is 4.35. The number of hydrogen-bond acceptors (Lipinski definition) is 6. The Labute approximate surface area is 159 Å². The van der Waals surface area contributed by atoms with E-state index in [0.717, 1.165) is 37.5 Å². The maximum Gasteiger partial charge on any atom is 0.281 e. The molecule has 0 radical (unpaired) electrons. The van der Waals surface area contributed by atoms with Crippen molar-refractivity contribution in [2.45, 2.75) is 58.8 Å². The molecule has 2 N–H and O–H groups in total. The fourth-order valence-electron chi connectivity index (χ4n) is 2.79. The summed E-state index contributed by atoms with van der Waals surface area (Å²) in [6.45, 7) is 6.91. The SMILES string of the molecule is CCCCCCCCC(=O)NNC(=O)c1sc(N2CCOCC2)nc1C. The number of hydrogen-bond donors (Lipinski definition) is 2. The Morgan fingerprint density at radius 3 is 2.54 bits per heavy atom. The van der Waals surface area contributed by atoms with Gasteiger partial charge in [0.25, 0.3) is 5.91 Å². The first kappa shape index (κ1) is 20.6. The van der Waals surface area contributed by atoms with Gasteiger partial charge in [-0.2, -0.15) is 0 Å². The van der Waals surface area contributed by atoms with Crippen LogP contribution in [-0.4, -0.2) is 43.1 Å². The second-order valence-electron chi connectivity index (χ2n) is 6.53. The van der Waals surface area contributed by atoms with Crippen molar-refractivity contribution in [3.63, 3.8) is 0 Å². The van der Waals surface area contributed by atoms with Gasteiger partial charge in [0.2, 0.25) is 5.91 Å². The highest BCUT2D eigenvalue weighted by atomic mass is 32.1. The maximum absolute atomic E-state index is 12.3. The molecule has 0 spiro atoms. The number of unbranched alkanes of at least 4 members (excludes halogenated alkanes) is 5. The molecule has 0 atom stereocenters. The van der Waals surface area contributed by atoms with Crippen molar-refractivity contribution in [2.75, 3.05) is 31.2 Å². The Hall–Kier alpha value is -1.67. The molecule has 146 valence electrons. The zero-order valence-corrected chi connectivity index (χ0v) is 16.6. The van der Waals surface area contributed by atoms with Gasteiger partial charge in [-0.15, -0.1) is 0 Å². The lowest BCUT2D eigenvalue weighted by Crippen LogP contribution is -2.41. The molecule has 0 aromatic carbocycles. The highest BCUT2D eigenvalue weighted by molar-refractivity contribution is 7.17. The minimum atomic E-state index is -0.309. The van der Waals surface area contributed by atoms with E-state index in [4.69, 9.17) is 4.74 Å². The number of amides is 2. The lowest BCUT2D eigenvalue weighted by Gasteiger charge is -2.25. The van der Waals surface area contributed by atoms with E-state index >= 15 is 0 Å². The first-order valence-electron chi connectivity index (χ1n) is 9.51. The van der Waals surface area contributed by atoms with Crippen LogP contribution in [0.4, 0.5) is 5.13 Å². The molecule has 2 amide bonds. The van der Waals surface area contributed by atoms with E-state index in [0.29, 0.717) is 30.2 Å². The van der Waals surface area contributed by atoms with Gasteiger partial charge >= 0.3 is 0 Å². The average Bonchev–Trinajstić information content (AvgIpc) is 3.05. The number of morpholine rings is 1. The molecule has 8 heteroatoms. The molecule has 2 heterocycles. The highest BCUT2D eigenvalue weighted by Crippen LogP contribution is 2.26. The molecule has 0 bridgehead atoms. The van der Waals surface area contributed by atoms with Gasteiger partial charge in [0.05, 0.1) is 18.9 Å². The van der Waals surface area contributed by atoms with E-state index < -0.39 is 0 Å². The van der Waals surface area contributed by atoms with E-state index in [-0.39, 0.29) is 11.8 Å². The third kappa shape index (κ3) is 6.57. The van der Waals surface area contributed by atoms with Gasteiger partial charge in [0, 0.05) is 19.5 Å². The predicted molar refractivity (Wildman–Crippen MR) is 103 cm³/mol. The highest BCUT2D eigenvalue weighted by Gasteiger charge is 2.20. The number of nitrogens with zero attached hydrogens (tertiary/aromatic N) is 2. The Morgan fingerprint density at radius 1 is 1.12 bits per heavy atom. The molecule has 0 unspecified atom stereocenters. The molecule has 1 aromatic heterocycles. The van der Waals surface area contributed by atoms with Crippen LogP contribution in [0, 0.1) is 6.92 Å². The van der Waals surface area contributed by atoms with Crippen LogP contribution >= 0.6 is 11.3 Å². The molecule has 1 aliphatic heterocycles. The van der Waals surface area contributed by atoms with Crippen LogP contribution in [0.2, 0.25) is 0 Å². The molecular weight excluding hydrogens is 352 g/mol. The number of rotatable bonds is 9. The number of anilines is 1. The van der Waals surface area contributed by atoms with E-state index in [2.05, 4.69) is 27.7 Å². The van der Waals surface area contributed by atoms with Crippen LogP contribution in [-0.2, 0) is 9.53 Å². The van der Waals surface area contributed by atoms with E-state index in [1.54, 1.807) is 0 Å². The fourth-order valence-corrected chi connectivity index (χ4v) is 3.81. The average molecular weight is 383 g/mol. The van der Waals surface area contributed by atoms with Crippen molar-refractivity contribution in [1.29, 1.82) is 0 Å². The van der Waals surface area contributed by atoms with E-state index in [1.807, 2.05) is 6.92 Å². The molecule has 2 rings (SSSR count). The lowest BCUT2D eigenvalue weighted by molar-refractivity contribution is -0.122. The van der Waals surface area contributed by atoms with Gasteiger partial charge in [-0.1, -0.05) is 50.4 Å². The number of carbonyl (C=O) groups is 2. The van der Waals surface area contributed by atoms with Crippen LogP contribution in [0.25, 0.3) is 0 Å². The summed E-state index contributed by atoms with van der Waals surface area (Å²) in [4.78, 5) is 31.3. The molecule has 1 saturated heterocycles. The summed E-state index contributed by atoms with van der Waals surface area (Å²) < 4.78 is 5.34. The molecule has 1 fully saturated rings. The standard InChI is InChI=1S/C18H30N4O3S/c1-3-4-5-6-7-8-9-15(23)20-21-17(24)16-14(2)19-18(26-16)22-10-12-25-13-11-22/h3-13H2,1-2H3,(H,20,23)(H,21,24). The minimum absolute atomic E-state index is 0.149. The summed E-state index contributed by atoms with van der Waals surface area (Å²) in [5.41, 5.74) is 5.69. The van der Waals surface area contributed by atoms with Gasteiger partial charge < -0.3 is 9.64 Å². The third-order valence-corrected chi connectivity index (χ3v) is 5.56. The van der Waals surface area contributed by atoms with Crippen LogP contribution in [0.5, 0.6) is 0 Å². The summed E-state index contributed by atoms with van der Waals surface area (Å²) in [5.74, 6) is -0.458. The molecule has 1 aliphatic rings. The van der Waals surface area contributed by atoms with Crippen LogP contribution in [0.1, 0.15) is 67.2 Å². The number of aromatic nitrogens is 1. The van der Waals surface area contributed by atoms with E-state index in [1.165, 1.54) is 30.6 Å². The van der Waals surface area contributed by atoms with Gasteiger partial charge in [-0.05, 0) is 13.3 Å². The van der Waals surface area contributed by atoms with Crippen molar-refractivity contribution in [3.05, 3.63) is 10.6 Å². The monoisotopic (exact) mass is 382 g/mol. The van der Waals surface area contributed by atoms with Gasteiger partial charge in [0.15, 0.2) is 5.13 Å². The number of carbonyl (C=O) groups excluding carboxylic acids is 2. The number of aryl methyl sites for hydroxylation is 1. The number of hydrazine groups is 1. The molecular formula is C18H30N4O3S. The van der Waals surface area contributed by atoms with Crippen LogP contribution in [0.3, 0.4) is 0 Å². The second kappa shape index (κ2) is 11.1. The number of nitrogens with one attached hydrogen (secondary N) is 2. The van der Waals surface area contributed by atoms with Crippen molar-refractivity contribution in [3.8, 4) is 0 Å². The van der Waals surface area contributed by atoms with Gasteiger partial charge in [-0.25, -0.2) is 4.98 Å². The lowest BCUT2D eigenvalue weighted by atomic mass is 10.1. The largest absolute Gasteiger partial charge is 0.378 e. The van der Waals surface area contributed by atoms with Gasteiger partial charge in [0.1, 0.15) is 4.88 Å². The van der Waals surface area contributed by atoms with Crippen molar-refractivity contribution < 1.29 is 14.3 Å². The molecule has 7 nitrogen and oxygen atoms in total. The van der Waals surface area contributed by atoms with Crippen molar-refractivity contribution in [2.24, 2.45) is 0 Å². The summed E-state index contributed by atoms with van der Waals surface area (Å²) in [6, 6.07) is 0.